The van der Waals surface area contributed by atoms with Crippen LogP contribution in [0.3, 0.4) is 0 Å². The van der Waals surface area contributed by atoms with Crippen molar-refractivity contribution in [2.45, 2.75) is 13.5 Å². The van der Waals surface area contributed by atoms with Gasteiger partial charge in [-0.15, -0.1) is 0 Å². The van der Waals surface area contributed by atoms with Crippen LogP contribution in [0.5, 0.6) is 5.75 Å². The summed E-state index contributed by atoms with van der Waals surface area (Å²) >= 11 is 0. The topological polar surface area (TPSA) is 55.1 Å². The molecule has 0 radical (unpaired) electrons. The third-order valence-electron chi connectivity index (χ3n) is 3.70. The molecule has 2 aromatic carbocycles. The highest BCUT2D eigenvalue weighted by atomic mass is 19.1. The van der Waals surface area contributed by atoms with E-state index in [1.165, 1.54) is 24.5 Å². The van der Waals surface area contributed by atoms with E-state index in [1.807, 2.05) is 0 Å². The van der Waals surface area contributed by atoms with E-state index in [4.69, 9.17) is 0 Å². The lowest BCUT2D eigenvalue weighted by Crippen LogP contribution is -2.14. The summed E-state index contributed by atoms with van der Waals surface area (Å²) in [6, 6.07) is 6.39. The van der Waals surface area contributed by atoms with E-state index < -0.39 is 17.2 Å². The number of halogens is 2. The number of hydrogen-bond donors (Lipinski definition) is 1. The van der Waals surface area contributed by atoms with Crippen LogP contribution in [0.2, 0.25) is 0 Å². The van der Waals surface area contributed by atoms with E-state index in [9.17, 15) is 18.7 Å². The normalized spacial score (nSPS) is 11.5. The predicted octanol–water partition coefficient (Wildman–Crippen LogP) is 3.46. The van der Waals surface area contributed by atoms with E-state index >= 15 is 0 Å². The van der Waals surface area contributed by atoms with Crippen molar-refractivity contribution in [2.75, 3.05) is 0 Å². The first kappa shape index (κ1) is 15.9. The van der Waals surface area contributed by atoms with E-state index in [0.29, 0.717) is 11.1 Å². The number of benzene rings is 2. The van der Waals surface area contributed by atoms with E-state index in [0.717, 1.165) is 6.07 Å². The number of aromatic nitrogens is 2. The second-order valence-electron chi connectivity index (χ2n) is 5.33. The highest BCUT2D eigenvalue weighted by Crippen LogP contribution is 2.22. The standard InChI is InChI=1S/C18H14F2N2O2/c1-2-3-11-6-12(19)7-16(20)15(11)9-22-10-21-18(24)14-8-13(23)4-5-17(14)22/h2-8,10,23H,9H2,1H3. The lowest BCUT2D eigenvalue weighted by Gasteiger charge is -2.13. The Morgan fingerprint density at radius 2 is 2.04 bits per heavy atom. The summed E-state index contributed by atoms with van der Waals surface area (Å²) in [6.07, 6.45) is 4.62. The quantitative estimate of drug-likeness (QED) is 0.801. The summed E-state index contributed by atoms with van der Waals surface area (Å²) in [5.74, 6) is -1.38. The molecule has 0 fully saturated rings. The molecule has 0 saturated heterocycles. The van der Waals surface area contributed by atoms with Gasteiger partial charge >= 0.3 is 0 Å². The van der Waals surface area contributed by atoms with Gasteiger partial charge in [-0.1, -0.05) is 12.2 Å². The first-order chi connectivity index (χ1) is 11.5. The summed E-state index contributed by atoms with van der Waals surface area (Å²) < 4.78 is 29.3. The molecular weight excluding hydrogens is 314 g/mol. The van der Waals surface area contributed by atoms with Crippen LogP contribution in [-0.2, 0) is 6.54 Å². The average Bonchev–Trinajstić information content (AvgIpc) is 2.53. The van der Waals surface area contributed by atoms with Crippen molar-refractivity contribution < 1.29 is 13.9 Å². The zero-order valence-electron chi connectivity index (χ0n) is 12.8. The molecule has 0 aliphatic heterocycles. The Hall–Kier alpha value is -3.02. The third-order valence-corrected chi connectivity index (χ3v) is 3.70. The van der Waals surface area contributed by atoms with Crippen molar-refractivity contribution in [2.24, 2.45) is 0 Å². The van der Waals surface area contributed by atoms with Crippen LogP contribution in [0.1, 0.15) is 18.1 Å². The van der Waals surface area contributed by atoms with Crippen LogP contribution in [0, 0.1) is 11.6 Å². The van der Waals surface area contributed by atoms with Gasteiger partial charge in [0.15, 0.2) is 0 Å². The van der Waals surface area contributed by atoms with Crippen molar-refractivity contribution in [3.63, 3.8) is 0 Å². The summed E-state index contributed by atoms with van der Waals surface area (Å²) in [6.45, 7) is 1.83. The van der Waals surface area contributed by atoms with Crippen LogP contribution in [-0.4, -0.2) is 14.7 Å². The number of phenolic OH excluding ortho intramolecular Hbond substituents is 1. The average molecular weight is 328 g/mol. The fraction of sp³-hybridized carbons (Fsp3) is 0.111. The molecule has 0 aliphatic carbocycles. The van der Waals surface area contributed by atoms with Crippen molar-refractivity contribution in [3.8, 4) is 5.75 Å². The van der Waals surface area contributed by atoms with Crippen molar-refractivity contribution >= 4 is 17.0 Å². The number of fused-ring (bicyclic) bond motifs is 1. The maximum Gasteiger partial charge on any atom is 0.280 e. The smallest absolute Gasteiger partial charge is 0.280 e. The lowest BCUT2D eigenvalue weighted by molar-refractivity contribution is 0.476. The van der Waals surface area contributed by atoms with E-state index in [1.54, 1.807) is 29.7 Å². The van der Waals surface area contributed by atoms with Gasteiger partial charge in [-0.3, -0.25) is 4.79 Å². The first-order valence-corrected chi connectivity index (χ1v) is 7.28. The highest BCUT2D eigenvalue weighted by molar-refractivity contribution is 5.79. The Balaban J connectivity index is 2.18. The maximum absolute atomic E-state index is 14.3. The summed E-state index contributed by atoms with van der Waals surface area (Å²) in [5, 5.41) is 9.77. The minimum absolute atomic E-state index is 0.0540. The molecule has 1 aromatic heterocycles. The molecule has 4 nitrogen and oxygen atoms in total. The monoisotopic (exact) mass is 328 g/mol. The number of allylic oxidation sites excluding steroid dienone is 1. The molecule has 0 aliphatic rings. The molecule has 1 heterocycles. The SMILES string of the molecule is CC=Cc1cc(F)cc(F)c1Cn1cnc(=O)c2cc(O)ccc21. The molecule has 0 bridgehead atoms. The Kier molecular flexibility index (Phi) is 4.12. The Morgan fingerprint density at radius 3 is 2.79 bits per heavy atom. The van der Waals surface area contributed by atoms with Crippen molar-refractivity contribution in [1.82, 2.24) is 9.55 Å². The number of hydrogen-bond acceptors (Lipinski definition) is 3. The number of aromatic hydroxyl groups is 1. The van der Waals surface area contributed by atoms with E-state index in [2.05, 4.69) is 4.98 Å². The van der Waals surface area contributed by atoms with Gasteiger partial charge in [-0.25, -0.2) is 8.78 Å². The van der Waals surface area contributed by atoms with Crippen LogP contribution in [0.4, 0.5) is 8.78 Å². The minimum Gasteiger partial charge on any atom is -0.508 e. The third kappa shape index (κ3) is 2.90. The molecule has 0 amide bonds. The fourth-order valence-electron chi connectivity index (χ4n) is 2.61. The second-order valence-corrected chi connectivity index (χ2v) is 5.33. The van der Waals surface area contributed by atoms with Gasteiger partial charge in [0, 0.05) is 11.6 Å². The largest absolute Gasteiger partial charge is 0.508 e. The number of phenols is 1. The lowest BCUT2D eigenvalue weighted by atomic mass is 10.1. The van der Waals surface area contributed by atoms with Crippen LogP contribution < -0.4 is 5.56 Å². The van der Waals surface area contributed by atoms with Crippen molar-refractivity contribution in [3.05, 3.63) is 75.9 Å². The molecule has 122 valence electrons. The number of nitrogens with zero attached hydrogens (tertiary/aromatic N) is 2. The second kappa shape index (κ2) is 6.23. The Bertz CT molecular complexity index is 1010. The molecule has 3 aromatic rings. The molecule has 3 rings (SSSR count). The van der Waals surface area contributed by atoms with E-state index in [-0.39, 0.29) is 23.2 Å². The van der Waals surface area contributed by atoms with Gasteiger partial charge in [0.25, 0.3) is 5.56 Å². The maximum atomic E-state index is 14.3. The van der Waals surface area contributed by atoms with Crippen LogP contribution in [0.25, 0.3) is 17.0 Å². The van der Waals surface area contributed by atoms with Crippen LogP contribution in [0.15, 0.2) is 47.5 Å². The fourth-order valence-corrected chi connectivity index (χ4v) is 2.61. The first-order valence-electron chi connectivity index (χ1n) is 7.28. The van der Waals surface area contributed by atoms with Gasteiger partial charge in [0.1, 0.15) is 17.4 Å². The molecule has 0 spiro atoms. The van der Waals surface area contributed by atoms with Gasteiger partial charge in [-0.2, -0.15) is 4.98 Å². The molecule has 0 unspecified atom stereocenters. The van der Waals surface area contributed by atoms with Gasteiger partial charge in [0.05, 0.1) is 23.8 Å². The Labute approximate surface area is 136 Å². The number of rotatable bonds is 3. The zero-order chi connectivity index (χ0) is 17.3. The summed E-state index contributed by atoms with van der Waals surface area (Å²) in [7, 11) is 0. The molecular formula is C18H14F2N2O2. The predicted molar refractivity (Wildman–Crippen MR) is 87.8 cm³/mol. The van der Waals surface area contributed by atoms with Gasteiger partial charge in [-0.05, 0) is 36.8 Å². The molecule has 24 heavy (non-hydrogen) atoms. The Morgan fingerprint density at radius 1 is 1.25 bits per heavy atom. The molecule has 0 atom stereocenters. The molecule has 6 heteroatoms. The zero-order valence-corrected chi connectivity index (χ0v) is 12.8. The molecule has 0 saturated carbocycles. The van der Waals surface area contributed by atoms with Gasteiger partial charge < -0.3 is 9.67 Å². The highest BCUT2D eigenvalue weighted by Gasteiger charge is 2.12. The minimum atomic E-state index is -0.672. The van der Waals surface area contributed by atoms with Crippen molar-refractivity contribution in [1.29, 1.82) is 0 Å². The molecule has 1 N–H and O–H groups in total. The summed E-state index contributed by atoms with van der Waals surface area (Å²) in [4.78, 5) is 15.6. The van der Waals surface area contributed by atoms with Gasteiger partial charge in [0.2, 0.25) is 0 Å². The van der Waals surface area contributed by atoms with Crippen LogP contribution >= 0.6 is 0 Å². The summed E-state index contributed by atoms with van der Waals surface area (Å²) in [5.41, 5.74) is 0.725.